The van der Waals surface area contributed by atoms with Crippen LogP contribution in [0.4, 0.5) is 10.2 Å². The fourth-order valence-electron chi connectivity index (χ4n) is 4.05. The lowest BCUT2D eigenvalue weighted by Gasteiger charge is -2.23. The number of benzene rings is 1. The smallest absolute Gasteiger partial charge is 0.224 e. The number of rotatable bonds is 3. The molecule has 4 nitrogen and oxygen atoms in total. The zero-order valence-electron chi connectivity index (χ0n) is 14.5. The van der Waals surface area contributed by atoms with E-state index in [-0.39, 0.29) is 11.7 Å². The summed E-state index contributed by atoms with van der Waals surface area (Å²) in [6.07, 6.45) is 3.03. The molecule has 0 radical (unpaired) electrons. The highest BCUT2D eigenvalue weighted by Gasteiger charge is 2.33. The van der Waals surface area contributed by atoms with Crippen LogP contribution >= 0.6 is 11.6 Å². The van der Waals surface area contributed by atoms with Crippen molar-refractivity contribution in [3.8, 4) is 0 Å². The third kappa shape index (κ3) is 3.11. The van der Waals surface area contributed by atoms with Crippen molar-refractivity contribution < 1.29 is 4.39 Å². The van der Waals surface area contributed by atoms with Crippen LogP contribution in [0.15, 0.2) is 24.3 Å². The average molecular weight is 361 g/mol. The summed E-state index contributed by atoms with van der Waals surface area (Å²) in [5.74, 6) is 0.946. The van der Waals surface area contributed by atoms with E-state index in [4.69, 9.17) is 11.6 Å². The van der Waals surface area contributed by atoms with E-state index in [0.29, 0.717) is 11.3 Å². The van der Waals surface area contributed by atoms with Gasteiger partial charge < -0.3 is 9.80 Å². The van der Waals surface area contributed by atoms with Crippen molar-refractivity contribution in [3.05, 3.63) is 52.2 Å². The van der Waals surface area contributed by atoms with Crippen LogP contribution in [-0.4, -0.2) is 48.1 Å². The molecule has 25 heavy (non-hydrogen) atoms. The maximum absolute atomic E-state index is 13.2. The Labute approximate surface area is 152 Å². The molecule has 2 unspecified atom stereocenters. The van der Waals surface area contributed by atoms with E-state index in [2.05, 4.69) is 33.9 Å². The summed E-state index contributed by atoms with van der Waals surface area (Å²) in [6, 6.07) is 7.27. The van der Waals surface area contributed by atoms with E-state index in [0.717, 1.165) is 49.4 Å². The standard InChI is InChI=1S/C19H22ClFN4/c1-24(2)14-9-10-25(11-14)18-16-8-7-15(17(16)22-19(20)23-18)12-3-5-13(21)6-4-12/h3-6,14-15H,7-11H2,1-2H3. The summed E-state index contributed by atoms with van der Waals surface area (Å²) in [6.45, 7) is 1.96. The van der Waals surface area contributed by atoms with Crippen LogP contribution < -0.4 is 4.90 Å². The first kappa shape index (κ1) is 16.7. The van der Waals surface area contributed by atoms with Crippen LogP contribution in [0.5, 0.6) is 0 Å². The quantitative estimate of drug-likeness (QED) is 0.784. The fourth-order valence-corrected chi connectivity index (χ4v) is 4.22. The number of hydrogen-bond donors (Lipinski definition) is 0. The van der Waals surface area contributed by atoms with Gasteiger partial charge in [-0.2, -0.15) is 0 Å². The maximum Gasteiger partial charge on any atom is 0.224 e. The first-order chi connectivity index (χ1) is 12.0. The molecular formula is C19H22ClFN4. The number of nitrogens with zero attached hydrogens (tertiary/aromatic N) is 4. The lowest BCUT2D eigenvalue weighted by Crippen LogP contribution is -2.32. The van der Waals surface area contributed by atoms with Gasteiger partial charge in [0.15, 0.2) is 0 Å². The SMILES string of the molecule is CN(C)C1CCN(c2nc(Cl)nc3c2CCC3c2ccc(F)cc2)C1. The normalized spacial score (nSPS) is 22.7. The molecule has 2 aliphatic rings. The molecule has 0 bridgehead atoms. The lowest BCUT2D eigenvalue weighted by molar-refractivity contribution is 0.315. The van der Waals surface area contributed by atoms with E-state index in [1.165, 1.54) is 17.7 Å². The number of halogens is 2. The second-order valence-corrected chi connectivity index (χ2v) is 7.51. The minimum Gasteiger partial charge on any atom is -0.355 e. The Bertz CT molecular complexity index is 778. The minimum atomic E-state index is -0.213. The summed E-state index contributed by atoms with van der Waals surface area (Å²) in [4.78, 5) is 13.7. The summed E-state index contributed by atoms with van der Waals surface area (Å²) >= 11 is 6.26. The molecule has 1 aliphatic carbocycles. The van der Waals surface area contributed by atoms with Crippen LogP contribution in [-0.2, 0) is 6.42 Å². The van der Waals surface area contributed by atoms with Crippen molar-refractivity contribution in [1.29, 1.82) is 0 Å². The monoisotopic (exact) mass is 360 g/mol. The van der Waals surface area contributed by atoms with Gasteiger partial charge in [-0.15, -0.1) is 0 Å². The summed E-state index contributed by atoms with van der Waals surface area (Å²) in [5, 5.41) is 0.302. The van der Waals surface area contributed by atoms with Gasteiger partial charge in [-0.05, 0) is 62.7 Å². The molecule has 132 valence electrons. The molecule has 1 aromatic carbocycles. The maximum atomic E-state index is 13.2. The van der Waals surface area contributed by atoms with Crippen molar-refractivity contribution in [2.45, 2.75) is 31.2 Å². The number of fused-ring (bicyclic) bond motifs is 1. The van der Waals surface area contributed by atoms with Crippen molar-refractivity contribution in [2.75, 3.05) is 32.1 Å². The van der Waals surface area contributed by atoms with E-state index >= 15 is 0 Å². The molecule has 4 rings (SSSR count). The van der Waals surface area contributed by atoms with E-state index in [1.807, 2.05) is 12.1 Å². The van der Waals surface area contributed by atoms with Crippen LogP contribution in [0.1, 0.15) is 35.6 Å². The molecular weight excluding hydrogens is 339 g/mol. The van der Waals surface area contributed by atoms with Crippen molar-refractivity contribution in [1.82, 2.24) is 14.9 Å². The van der Waals surface area contributed by atoms with Gasteiger partial charge in [-0.3, -0.25) is 0 Å². The predicted octanol–water partition coefficient (Wildman–Crippen LogP) is 3.49. The first-order valence-electron chi connectivity index (χ1n) is 8.76. The van der Waals surface area contributed by atoms with Crippen LogP contribution in [0.3, 0.4) is 0 Å². The molecule has 1 aromatic heterocycles. The number of likely N-dealkylation sites (N-methyl/N-ethyl adjacent to an activating group) is 1. The average Bonchev–Trinajstić information content (AvgIpc) is 3.22. The molecule has 1 aliphatic heterocycles. The van der Waals surface area contributed by atoms with Crippen molar-refractivity contribution in [2.24, 2.45) is 0 Å². The molecule has 2 aromatic rings. The molecule has 1 fully saturated rings. The number of anilines is 1. The Hall–Kier alpha value is -1.72. The van der Waals surface area contributed by atoms with E-state index < -0.39 is 0 Å². The molecule has 2 atom stereocenters. The Morgan fingerprint density at radius 1 is 1.16 bits per heavy atom. The largest absolute Gasteiger partial charge is 0.355 e. The third-order valence-electron chi connectivity index (χ3n) is 5.47. The van der Waals surface area contributed by atoms with Gasteiger partial charge in [-0.25, -0.2) is 14.4 Å². The molecule has 0 amide bonds. The van der Waals surface area contributed by atoms with Crippen molar-refractivity contribution >= 4 is 17.4 Å². The van der Waals surface area contributed by atoms with Gasteiger partial charge in [-0.1, -0.05) is 12.1 Å². The Morgan fingerprint density at radius 3 is 2.60 bits per heavy atom. The molecule has 0 N–H and O–H groups in total. The third-order valence-corrected chi connectivity index (χ3v) is 5.64. The van der Waals surface area contributed by atoms with E-state index in [1.54, 1.807) is 0 Å². The van der Waals surface area contributed by atoms with Crippen LogP contribution in [0, 0.1) is 5.82 Å². The zero-order chi connectivity index (χ0) is 17.6. The second-order valence-electron chi connectivity index (χ2n) is 7.17. The highest BCUT2D eigenvalue weighted by atomic mass is 35.5. The number of hydrogen-bond acceptors (Lipinski definition) is 4. The Morgan fingerprint density at radius 2 is 1.92 bits per heavy atom. The molecule has 2 heterocycles. The summed E-state index contributed by atoms with van der Waals surface area (Å²) < 4.78 is 13.2. The van der Waals surface area contributed by atoms with Gasteiger partial charge in [0, 0.05) is 30.6 Å². The van der Waals surface area contributed by atoms with Crippen LogP contribution in [0.25, 0.3) is 0 Å². The Balaban J connectivity index is 1.68. The molecule has 6 heteroatoms. The van der Waals surface area contributed by atoms with Gasteiger partial charge in [0.1, 0.15) is 11.6 Å². The highest BCUT2D eigenvalue weighted by molar-refractivity contribution is 6.28. The van der Waals surface area contributed by atoms with Gasteiger partial charge in [0.2, 0.25) is 5.28 Å². The first-order valence-corrected chi connectivity index (χ1v) is 9.14. The fraction of sp³-hybridized carbons (Fsp3) is 0.474. The van der Waals surface area contributed by atoms with E-state index in [9.17, 15) is 4.39 Å². The van der Waals surface area contributed by atoms with Gasteiger partial charge >= 0.3 is 0 Å². The zero-order valence-corrected chi connectivity index (χ0v) is 15.3. The molecule has 1 saturated heterocycles. The lowest BCUT2D eigenvalue weighted by atomic mass is 9.97. The minimum absolute atomic E-state index is 0.169. The summed E-state index contributed by atoms with van der Waals surface area (Å²) in [7, 11) is 4.24. The van der Waals surface area contributed by atoms with Gasteiger partial charge in [0.25, 0.3) is 0 Å². The number of aromatic nitrogens is 2. The predicted molar refractivity (Wildman–Crippen MR) is 97.9 cm³/mol. The molecule has 0 spiro atoms. The van der Waals surface area contributed by atoms with Crippen molar-refractivity contribution in [3.63, 3.8) is 0 Å². The molecule has 0 saturated carbocycles. The van der Waals surface area contributed by atoms with Gasteiger partial charge in [0.05, 0.1) is 5.69 Å². The summed E-state index contributed by atoms with van der Waals surface area (Å²) in [5.41, 5.74) is 3.31. The second kappa shape index (κ2) is 6.54. The topological polar surface area (TPSA) is 32.3 Å². The van der Waals surface area contributed by atoms with Crippen LogP contribution in [0.2, 0.25) is 5.28 Å². The Kier molecular flexibility index (Phi) is 4.38. The highest BCUT2D eigenvalue weighted by Crippen LogP contribution is 2.41.